The number of benzene rings is 1. The van der Waals surface area contributed by atoms with E-state index in [0.29, 0.717) is 0 Å². The van der Waals surface area contributed by atoms with Gasteiger partial charge in [-0.15, -0.1) is 0 Å². The van der Waals surface area contributed by atoms with Crippen LogP contribution >= 0.6 is 0 Å². The highest BCUT2D eigenvalue weighted by molar-refractivity contribution is 5.58. The Bertz CT molecular complexity index is 422. The smallest absolute Gasteiger partial charge is 0.0415 e. The van der Waals surface area contributed by atoms with Crippen LogP contribution in [-0.4, -0.2) is 44.2 Å². The monoisotopic (exact) mass is 259 g/mol. The lowest BCUT2D eigenvalue weighted by Crippen LogP contribution is -2.47. The van der Waals surface area contributed by atoms with Gasteiger partial charge in [-0.1, -0.05) is 19.1 Å². The third kappa shape index (κ3) is 2.77. The summed E-state index contributed by atoms with van der Waals surface area (Å²) >= 11 is 0. The van der Waals surface area contributed by atoms with Gasteiger partial charge in [-0.3, -0.25) is 4.90 Å². The molecule has 3 heteroatoms. The molecule has 2 aliphatic heterocycles. The first-order valence-corrected chi connectivity index (χ1v) is 7.67. The molecule has 1 N–H and O–H groups in total. The van der Waals surface area contributed by atoms with Crippen molar-refractivity contribution in [1.82, 2.24) is 10.2 Å². The fourth-order valence-corrected chi connectivity index (χ4v) is 3.32. The molecule has 0 aromatic heterocycles. The molecule has 0 amide bonds. The minimum atomic E-state index is 1.04. The van der Waals surface area contributed by atoms with Crippen molar-refractivity contribution in [3.05, 3.63) is 29.3 Å². The van der Waals surface area contributed by atoms with Crippen LogP contribution in [0.2, 0.25) is 0 Å². The molecule has 0 saturated carbocycles. The fourth-order valence-electron chi connectivity index (χ4n) is 3.32. The predicted molar refractivity (Wildman–Crippen MR) is 80.8 cm³/mol. The summed E-state index contributed by atoms with van der Waals surface area (Å²) in [7, 11) is 0. The molecule has 3 rings (SSSR count). The lowest BCUT2D eigenvalue weighted by molar-refractivity contribution is 0.258. The summed E-state index contributed by atoms with van der Waals surface area (Å²) in [5.41, 5.74) is 4.56. The normalized spacial score (nSPS) is 20.4. The van der Waals surface area contributed by atoms with Crippen molar-refractivity contribution in [3.8, 4) is 0 Å². The van der Waals surface area contributed by atoms with E-state index in [1.54, 1.807) is 5.56 Å². The molecule has 0 bridgehead atoms. The molecule has 3 nitrogen and oxygen atoms in total. The van der Waals surface area contributed by atoms with Gasteiger partial charge in [0.1, 0.15) is 0 Å². The Hall–Kier alpha value is -1.06. The highest BCUT2D eigenvalue weighted by atomic mass is 15.3. The lowest BCUT2D eigenvalue weighted by atomic mass is 9.98. The topological polar surface area (TPSA) is 18.5 Å². The van der Waals surface area contributed by atoms with Gasteiger partial charge in [0.05, 0.1) is 0 Å². The number of nitrogens with zero attached hydrogens (tertiary/aromatic N) is 2. The van der Waals surface area contributed by atoms with Gasteiger partial charge in [0.15, 0.2) is 0 Å². The van der Waals surface area contributed by atoms with Gasteiger partial charge in [0, 0.05) is 38.4 Å². The average molecular weight is 259 g/mol. The fraction of sp³-hybridized carbons (Fsp3) is 0.625. The molecule has 104 valence electrons. The molecule has 0 radical (unpaired) electrons. The van der Waals surface area contributed by atoms with E-state index in [-0.39, 0.29) is 0 Å². The van der Waals surface area contributed by atoms with Crippen LogP contribution in [-0.2, 0) is 13.0 Å². The van der Waals surface area contributed by atoms with Gasteiger partial charge < -0.3 is 10.2 Å². The van der Waals surface area contributed by atoms with Gasteiger partial charge in [0.25, 0.3) is 0 Å². The molecule has 1 aromatic rings. The standard InChI is InChI=1S/C16H25N3/c1-2-8-18-9-11-19(12-10-18)16-5-3-4-14-6-7-17-13-15(14)16/h3-5,17H,2,6-13H2,1H3. The zero-order chi connectivity index (χ0) is 13.1. The Morgan fingerprint density at radius 2 is 2.00 bits per heavy atom. The summed E-state index contributed by atoms with van der Waals surface area (Å²) in [6, 6.07) is 6.84. The summed E-state index contributed by atoms with van der Waals surface area (Å²) in [5.74, 6) is 0. The molecule has 0 spiro atoms. The third-order valence-electron chi connectivity index (χ3n) is 4.37. The lowest BCUT2D eigenvalue weighted by Gasteiger charge is -2.37. The Balaban J connectivity index is 1.73. The van der Waals surface area contributed by atoms with Crippen molar-refractivity contribution in [2.24, 2.45) is 0 Å². The molecule has 0 atom stereocenters. The van der Waals surface area contributed by atoms with E-state index in [9.17, 15) is 0 Å². The first-order chi connectivity index (χ1) is 9.38. The van der Waals surface area contributed by atoms with Crippen molar-refractivity contribution in [3.63, 3.8) is 0 Å². The van der Waals surface area contributed by atoms with Crippen molar-refractivity contribution >= 4 is 5.69 Å². The zero-order valence-electron chi connectivity index (χ0n) is 12.0. The van der Waals surface area contributed by atoms with E-state index in [2.05, 4.69) is 40.2 Å². The van der Waals surface area contributed by atoms with Crippen LogP contribution in [0.5, 0.6) is 0 Å². The third-order valence-corrected chi connectivity index (χ3v) is 4.37. The predicted octanol–water partition coefficient (Wildman–Crippen LogP) is 1.86. The zero-order valence-corrected chi connectivity index (χ0v) is 12.0. The van der Waals surface area contributed by atoms with Gasteiger partial charge in [0.2, 0.25) is 0 Å². The summed E-state index contributed by atoms with van der Waals surface area (Å²) < 4.78 is 0. The van der Waals surface area contributed by atoms with Crippen LogP contribution in [0.4, 0.5) is 5.69 Å². The summed E-state index contributed by atoms with van der Waals surface area (Å²) in [4.78, 5) is 5.17. The van der Waals surface area contributed by atoms with Gasteiger partial charge in [-0.2, -0.15) is 0 Å². The molecule has 2 heterocycles. The van der Waals surface area contributed by atoms with Crippen molar-refractivity contribution in [1.29, 1.82) is 0 Å². The molecule has 19 heavy (non-hydrogen) atoms. The van der Waals surface area contributed by atoms with E-state index in [1.165, 1.54) is 56.8 Å². The van der Waals surface area contributed by atoms with Crippen LogP contribution in [0.3, 0.4) is 0 Å². The Morgan fingerprint density at radius 1 is 1.16 bits per heavy atom. The summed E-state index contributed by atoms with van der Waals surface area (Å²) in [6.45, 7) is 10.5. The molecule has 1 aromatic carbocycles. The molecule has 0 unspecified atom stereocenters. The highest BCUT2D eigenvalue weighted by Gasteiger charge is 2.20. The van der Waals surface area contributed by atoms with Crippen molar-refractivity contribution in [2.45, 2.75) is 26.3 Å². The second-order valence-electron chi connectivity index (χ2n) is 5.67. The number of rotatable bonds is 3. The van der Waals surface area contributed by atoms with Crippen molar-refractivity contribution < 1.29 is 0 Å². The minimum absolute atomic E-state index is 1.04. The quantitative estimate of drug-likeness (QED) is 0.894. The van der Waals surface area contributed by atoms with Gasteiger partial charge in [-0.25, -0.2) is 0 Å². The highest BCUT2D eigenvalue weighted by Crippen LogP contribution is 2.27. The van der Waals surface area contributed by atoms with E-state index in [4.69, 9.17) is 0 Å². The minimum Gasteiger partial charge on any atom is -0.369 e. The van der Waals surface area contributed by atoms with E-state index >= 15 is 0 Å². The van der Waals surface area contributed by atoms with Gasteiger partial charge >= 0.3 is 0 Å². The number of hydrogen-bond donors (Lipinski definition) is 1. The van der Waals surface area contributed by atoms with Crippen LogP contribution in [0, 0.1) is 0 Å². The van der Waals surface area contributed by atoms with Crippen LogP contribution < -0.4 is 10.2 Å². The second kappa shape index (κ2) is 5.93. The molecule has 1 saturated heterocycles. The first-order valence-electron chi connectivity index (χ1n) is 7.67. The largest absolute Gasteiger partial charge is 0.369 e. The van der Waals surface area contributed by atoms with Crippen molar-refractivity contribution in [2.75, 3.05) is 44.2 Å². The Kier molecular flexibility index (Phi) is 4.04. The first kappa shape index (κ1) is 12.9. The summed E-state index contributed by atoms with van der Waals surface area (Å²) in [6.07, 6.45) is 2.45. The second-order valence-corrected chi connectivity index (χ2v) is 5.67. The number of nitrogens with one attached hydrogen (secondary N) is 1. The van der Waals surface area contributed by atoms with E-state index in [1.807, 2.05) is 0 Å². The van der Waals surface area contributed by atoms with E-state index < -0.39 is 0 Å². The Labute approximate surface area is 116 Å². The maximum absolute atomic E-state index is 3.51. The number of hydrogen-bond acceptors (Lipinski definition) is 3. The van der Waals surface area contributed by atoms with Gasteiger partial charge in [-0.05, 0) is 43.1 Å². The number of fused-ring (bicyclic) bond motifs is 1. The molecule has 0 aliphatic carbocycles. The van der Waals surface area contributed by atoms with E-state index in [0.717, 1.165) is 13.1 Å². The molecular weight excluding hydrogens is 234 g/mol. The van der Waals surface area contributed by atoms with Crippen LogP contribution in [0.15, 0.2) is 18.2 Å². The average Bonchev–Trinajstić information content (AvgIpc) is 2.48. The maximum Gasteiger partial charge on any atom is 0.0415 e. The molecule has 1 fully saturated rings. The number of piperazine rings is 1. The van der Waals surface area contributed by atoms with Crippen LogP contribution in [0.1, 0.15) is 24.5 Å². The van der Waals surface area contributed by atoms with Crippen LogP contribution in [0.25, 0.3) is 0 Å². The Morgan fingerprint density at radius 3 is 2.79 bits per heavy atom. The molecule has 2 aliphatic rings. The summed E-state index contributed by atoms with van der Waals surface area (Å²) in [5, 5.41) is 3.51. The molecular formula is C16H25N3. The SMILES string of the molecule is CCCN1CCN(c2cccc3c2CNCC3)CC1. The number of anilines is 1. The maximum atomic E-state index is 3.51.